The molecule has 1 aromatic heterocycles. The monoisotopic (exact) mass is 347 g/mol. The van der Waals surface area contributed by atoms with E-state index in [2.05, 4.69) is 15.1 Å². The number of nitrogens with one attached hydrogen (secondary N) is 1. The van der Waals surface area contributed by atoms with Crippen molar-refractivity contribution in [2.75, 3.05) is 33.9 Å². The normalized spacial score (nSPS) is 21.1. The number of aliphatic hydroxyl groups is 1. The van der Waals surface area contributed by atoms with Gasteiger partial charge >= 0.3 is 0 Å². The Morgan fingerprint density at radius 1 is 1.28 bits per heavy atom. The molecule has 1 aliphatic heterocycles. The molecule has 1 aromatic carbocycles. The molecule has 2 N–H and O–H groups in total. The van der Waals surface area contributed by atoms with Crippen molar-refractivity contribution in [3.8, 4) is 17.2 Å². The average molecular weight is 347 g/mol. The van der Waals surface area contributed by atoms with Crippen LogP contribution < -0.4 is 14.2 Å². The first-order valence-corrected chi connectivity index (χ1v) is 8.46. The average Bonchev–Trinajstić information content (AvgIpc) is 3.15. The number of rotatable bonds is 7. The summed E-state index contributed by atoms with van der Waals surface area (Å²) in [7, 11) is 3.19. The quantitative estimate of drug-likeness (QED) is 0.790. The zero-order chi connectivity index (χ0) is 17.6. The van der Waals surface area contributed by atoms with Crippen LogP contribution in [0.5, 0.6) is 17.2 Å². The van der Waals surface area contributed by atoms with Crippen molar-refractivity contribution < 1.29 is 19.3 Å². The lowest BCUT2D eigenvalue weighted by atomic mass is 10.0. The Labute approximate surface area is 147 Å². The first kappa shape index (κ1) is 17.6. The number of methoxy groups -OCH3 is 2. The number of likely N-dealkylation sites (tertiary alicyclic amines) is 1. The first-order chi connectivity index (χ1) is 12.2. The number of ether oxygens (including phenoxy) is 3. The van der Waals surface area contributed by atoms with Gasteiger partial charge in [-0.05, 0) is 30.5 Å². The Hall–Kier alpha value is -2.25. The van der Waals surface area contributed by atoms with Gasteiger partial charge in [0.15, 0.2) is 11.5 Å². The van der Waals surface area contributed by atoms with Gasteiger partial charge in [0.05, 0.1) is 20.4 Å². The van der Waals surface area contributed by atoms with Crippen molar-refractivity contribution in [3.63, 3.8) is 0 Å². The molecule has 2 atom stereocenters. The fourth-order valence-corrected chi connectivity index (χ4v) is 3.08. The number of aromatic amines is 1. The topological polar surface area (TPSA) is 79.8 Å². The molecule has 2 heterocycles. The van der Waals surface area contributed by atoms with Crippen LogP contribution in [0.4, 0.5) is 0 Å². The molecule has 1 saturated heterocycles. The Morgan fingerprint density at radius 2 is 2.12 bits per heavy atom. The molecule has 0 aliphatic carbocycles. The summed E-state index contributed by atoms with van der Waals surface area (Å²) in [5.74, 6) is 1.95. The van der Waals surface area contributed by atoms with Crippen LogP contribution in [0.2, 0.25) is 0 Å². The highest BCUT2D eigenvalue weighted by atomic mass is 16.5. The van der Waals surface area contributed by atoms with Gasteiger partial charge in [0, 0.05) is 31.9 Å². The molecule has 7 heteroatoms. The number of H-pyrrole nitrogens is 1. The summed E-state index contributed by atoms with van der Waals surface area (Å²) in [5.41, 5.74) is 1.18. The van der Waals surface area contributed by atoms with Crippen molar-refractivity contribution in [2.24, 2.45) is 0 Å². The van der Waals surface area contributed by atoms with E-state index in [1.54, 1.807) is 26.4 Å². The molecule has 7 nitrogen and oxygen atoms in total. The maximum Gasteiger partial charge on any atom is 0.164 e. The van der Waals surface area contributed by atoms with Gasteiger partial charge in [0.1, 0.15) is 18.0 Å². The maximum atomic E-state index is 10.4. The molecule has 0 spiro atoms. The molecule has 1 aliphatic rings. The fraction of sp³-hybridized carbons (Fsp3) is 0.500. The largest absolute Gasteiger partial charge is 0.493 e. The third-order valence-corrected chi connectivity index (χ3v) is 4.52. The fourth-order valence-electron chi connectivity index (χ4n) is 3.08. The summed E-state index contributed by atoms with van der Waals surface area (Å²) in [5, 5.41) is 17.2. The molecular weight excluding hydrogens is 322 g/mol. The van der Waals surface area contributed by atoms with Gasteiger partial charge in [-0.2, -0.15) is 5.10 Å². The highest BCUT2D eigenvalue weighted by Crippen LogP contribution is 2.32. The van der Waals surface area contributed by atoms with Crippen LogP contribution in [0, 0.1) is 0 Å². The van der Waals surface area contributed by atoms with Gasteiger partial charge in [-0.1, -0.05) is 0 Å². The van der Waals surface area contributed by atoms with Crippen LogP contribution in [-0.2, 0) is 6.42 Å². The smallest absolute Gasteiger partial charge is 0.164 e. The molecule has 1 fully saturated rings. The lowest BCUT2D eigenvalue weighted by Crippen LogP contribution is -2.49. The minimum absolute atomic E-state index is 0.219. The maximum absolute atomic E-state index is 10.4. The highest BCUT2D eigenvalue weighted by molar-refractivity contribution is 5.45. The van der Waals surface area contributed by atoms with E-state index in [0.29, 0.717) is 23.8 Å². The van der Waals surface area contributed by atoms with E-state index < -0.39 is 6.10 Å². The predicted molar refractivity (Wildman–Crippen MR) is 93.3 cm³/mol. The van der Waals surface area contributed by atoms with E-state index in [1.165, 1.54) is 5.56 Å². The number of hydrogen-bond acceptors (Lipinski definition) is 6. The number of hydrogen-bond donors (Lipinski definition) is 2. The van der Waals surface area contributed by atoms with E-state index >= 15 is 0 Å². The van der Waals surface area contributed by atoms with Gasteiger partial charge in [0.25, 0.3) is 0 Å². The first-order valence-electron chi connectivity index (χ1n) is 8.46. The second-order valence-corrected chi connectivity index (χ2v) is 6.19. The van der Waals surface area contributed by atoms with Crippen LogP contribution in [0.1, 0.15) is 12.0 Å². The van der Waals surface area contributed by atoms with Crippen molar-refractivity contribution in [2.45, 2.75) is 25.0 Å². The molecule has 136 valence electrons. The number of nitrogens with zero attached hydrogens (tertiary/aromatic N) is 2. The third-order valence-electron chi connectivity index (χ3n) is 4.52. The lowest BCUT2D eigenvalue weighted by molar-refractivity contribution is -0.0249. The molecule has 25 heavy (non-hydrogen) atoms. The number of aromatic nitrogens is 2. The summed E-state index contributed by atoms with van der Waals surface area (Å²) >= 11 is 0. The molecule has 0 unspecified atom stereocenters. The number of aliphatic hydroxyl groups excluding tert-OH is 1. The number of piperidine rings is 1. The van der Waals surface area contributed by atoms with Gasteiger partial charge in [0.2, 0.25) is 0 Å². The minimum atomic E-state index is -0.522. The van der Waals surface area contributed by atoms with Crippen LogP contribution in [0.3, 0.4) is 0 Å². The molecule has 0 bridgehead atoms. The van der Waals surface area contributed by atoms with E-state index in [4.69, 9.17) is 14.2 Å². The molecular formula is C18H25N3O4. The summed E-state index contributed by atoms with van der Waals surface area (Å²) in [6, 6.07) is 5.43. The lowest BCUT2D eigenvalue weighted by Gasteiger charge is -2.35. The molecule has 0 radical (unpaired) electrons. The van der Waals surface area contributed by atoms with Crippen molar-refractivity contribution in [1.29, 1.82) is 0 Å². The van der Waals surface area contributed by atoms with Gasteiger partial charge in [-0.3, -0.25) is 5.10 Å². The van der Waals surface area contributed by atoms with Gasteiger partial charge < -0.3 is 24.2 Å². The van der Waals surface area contributed by atoms with Crippen LogP contribution in [-0.4, -0.2) is 66.3 Å². The third kappa shape index (κ3) is 4.43. The Kier molecular flexibility index (Phi) is 5.78. The molecule has 0 amide bonds. The van der Waals surface area contributed by atoms with E-state index in [9.17, 15) is 5.11 Å². The molecule has 0 saturated carbocycles. The summed E-state index contributed by atoms with van der Waals surface area (Å²) in [6.07, 6.45) is 4.70. The number of β-amino-alcohol motifs (C(OH)–C–C–N with tert-alkyl or cyclic N) is 1. The summed E-state index contributed by atoms with van der Waals surface area (Å²) in [4.78, 5) is 2.26. The molecule has 2 aromatic rings. The minimum Gasteiger partial charge on any atom is -0.493 e. The zero-order valence-electron chi connectivity index (χ0n) is 14.6. The second-order valence-electron chi connectivity index (χ2n) is 6.19. The van der Waals surface area contributed by atoms with Crippen LogP contribution in [0.15, 0.2) is 30.6 Å². The Morgan fingerprint density at radius 3 is 2.80 bits per heavy atom. The van der Waals surface area contributed by atoms with Crippen molar-refractivity contribution >= 4 is 0 Å². The summed E-state index contributed by atoms with van der Waals surface area (Å²) in [6.45, 7) is 2.41. The Balaban J connectivity index is 1.53. The van der Waals surface area contributed by atoms with Gasteiger partial charge in [-0.15, -0.1) is 0 Å². The zero-order valence-corrected chi connectivity index (χ0v) is 14.6. The highest BCUT2D eigenvalue weighted by Gasteiger charge is 2.29. The summed E-state index contributed by atoms with van der Waals surface area (Å²) < 4.78 is 16.5. The standard InChI is InChI=1S/C18H25N3O4/c1-23-17-4-3-14(9-18(17)24-2)25-16-6-8-21(12-15(16)22)7-5-13-10-19-20-11-13/h3-4,9-11,15-16,22H,5-8,12H2,1-2H3,(H,19,20)/t15-,16-/m1/s1. The Bertz CT molecular complexity index is 662. The van der Waals surface area contributed by atoms with E-state index in [0.717, 1.165) is 25.9 Å². The number of benzene rings is 1. The van der Waals surface area contributed by atoms with Crippen LogP contribution in [0.25, 0.3) is 0 Å². The SMILES string of the molecule is COc1ccc(O[C@@H]2CCN(CCc3cn[nH]c3)C[C@H]2O)cc1OC. The second kappa shape index (κ2) is 8.22. The van der Waals surface area contributed by atoms with Crippen LogP contribution >= 0.6 is 0 Å². The van der Waals surface area contributed by atoms with E-state index in [-0.39, 0.29) is 6.10 Å². The van der Waals surface area contributed by atoms with Crippen molar-refractivity contribution in [3.05, 3.63) is 36.2 Å². The predicted octanol–water partition coefficient (Wildman–Crippen LogP) is 1.48. The van der Waals surface area contributed by atoms with E-state index in [1.807, 2.05) is 18.5 Å². The molecule has 3 rings (SSSR count). The van der Waals surface area contributed by atoms with Gasteiger partial charge in [-0.25, -0.2) is 0 Å². The van der Waals surface area contributed by atoms with Crippen molar-refractivity contribution in [1.82, 2.24) is 15.1 Å².